The molecule has 1 unspecified atom stereocenters. The number of aldehydes is 1. The second-order valence-electron chi connectivity index (χ2n) is 9.04. The number of hydrogen-bond donors (Lipinski definition) is 2. The van der Waals surface area contributed by atoms with E-state index in [2.05, 4.69) is 10.6 Å². The lowest BCUT2D eigenvalue weighted by Crippen LogP contribution is -2.44. The molecule has 1 aromatic carbocycles. The molecule has 2 amide bonds. The molecule has 0 bridgehead atoms. The van der Waals surface area contributed by atoms with Crippen LogP contribution in [0.15, 0.2) is 30.3 Å². The van der Waals surface area contributed by atoms with Gasteiger partial charge in [-0.05, 0) is 45.1 Å². The molecule has 2 N–H and O–H groups in total. The normalized spacial score (nSPS) is 13.2. The van der Waals surface area contributed by atoms with E-state index in [4.69, 9.17) is 4.74 Å². The van der Waals surface area contributed by atoms with Gasteiger partial charge in [-0.1, -0.05) is 44.2 Å². The summed E-state index contributed by atoms with van der Waals surface area (Å²) in [5, 5.41) is 5.43. The van der Waals surface area contributed by atoms with Crippen molar-refractivity contribution < 1.29 is 23.9 Å². The molecule has 0 heterocycles. The second-order valence-corrected chi connectivity index (χ2v) is 9.04. The van der Waals surface area contributed by atoms with Gasteiger partial charge in [0.1, 0.15) is 11.9 Å². The zero-order valence-electron chi connectivity index (χ0n) is 19.3. The van der Waals surface area contributed by atoms with Crippen LogP contribution in [-0.4, -0.2) is 42.3 Å². The minimum atomic E-state index is -0.988. The predicted molar refractivity (Wildman–Crippen MR) is 119 cm³/mol. The Morgan fingerprint density at radius 1 is 1.06 bits per heavy atom. The molecule has 1 aromatic rings. The lowest BCUT2D eigenvalue weighted by molar-refractivity contribution is -0.156. The standard InChI is InChI=1S/C24H36N2O5/c1-17(2)20(15-21(28)25-13-9-12-18-10-7-6-8-11-18)23(30)26-19(16-27)14-22(29)31-24(3,4)5/h6-8,10-11,16-17,19-20H,9,12-15H2,1-5H3,(H,25,28)(H,26,30)/t19-,20?/m0/s1. The molecular weight excluding hydrogens is 396 g/mol. The number of benzene rings is 1. The summed E-state index contributed by atoms with van der Waals surface area (Å²) >= 11 is 0. The Bertz CT molecular complexity index is 725. The largest absolute Gasteiger partial charge is 0.460 e. The molecular formula is C24H36N2O5. The zero-order valence-corrected chi connectivity index (χ0v) is 19.3. The smallest absolute Gasteiger partial charge is 0.308 e. The summed E-state index contributed by atoms with van der Waals surface area (Å²) in [6.45, 7) is 9.40. The maximum absolute atomic E-state index is 12.7. The summed E-state index contributed by atoms with van der Waals surface area (Å²) in [5.41, 5.74) is 0.536. The van der Waals surface area contributed by atoms with Gasteiger partial charge in [-0.15, -0.1) is 0 Å². The van der Waals surface area contributed by atoms with Crippen LogP contribution < -0.4 is 10.6 Å². The first-order valence-corrected chi connectivity index (χ1v) is 10.8. The summed E-state index contributed by atoms with van der Waals surface area (Å²) < 4.78 is 5.20. The molecule has 7 heteroatoms. The van der Waals surface area contributed by atoms with E-state index in [0.29, 0.717) is 12.8 Å². The number of aryl methyl sites for hydroxylation is 1. The third kappa shape index (κ3) is 11.3. The van der Waals surface area contributed by atoms with Crippen molar-refractivity contribution in [3.05, 3.63) is 35.9 Å². The van der Waals surface area contributed by atoms with E-state index >= 15 is 0 Å². The third-order valence-corrected chi connectivity index (χ3v) is 4.65. The van der Waals surface area contributed by atoms with Crippen LogP contribution in [0.1, 0.15) is 59.4 Å². The van der Waals surface area contributed by atoms with E-state index in [0.717, 1.165) is 12.8 Å². The quantitative estimate of drug-likeness (QED) is 0.300. The van der Waals surface area contributed by atoms with Crippen LogP contribution in [0.3, 0.4) is 0 Å². The number of amides is 2. The summed E-state index contributed by atoms with van der Waals surface area (Å²) in [6, 6.07) is 9.02. The molecule has 0 aliphatic heterocycles. The highest BCUT2D eigenvalue weighted by Gasteiger charge is 2.28. The molecule has 31 heavy (non-hydrogen) atoms. The van der Waals surface area contributed by atoms with Gasteiger partial charge < -0.3 is 20.2 Å². The van der Waals surface area contributed by atoms with Crippen molar-refractivity contribution >= 4 is 24.1 Å². The predicted octanol–water partition coefficient (Wildman–Crippen LogP) is 2.81. The summed E-state index contributed by atoms with van der Waals surface area (Å²) in [6.07, 6.45) is 1.96. The molecule has 0 saturated heterocycles. The van der Waals surface area contributed by atoms with Crippen molar-refractivity contribution in [3.63, 3.8) is 0 Å². The van der Waals surface area contributed by atoms with E-state index in [9.17, 15) is 19.2 Å². The average Bonchev–Trinajstić information content (AvgIpc) is 2.67. The van der Waals surface area contributed by atoms with Gasteiger partial charge in [-0.2, -0.15) is 0 Å². The van der Waals surface area contributed by atoms with Crippen LogP contribution in [0.5, 0.6) is 0 Å². The van der Waals surface area contributed by atoms with Crippen molar-refractivity contribution in [2.75, 3.05) is 6.54 Å². The fourth-order valence-corrected chi connectivity index (χ4v) is 3.05. The number of nitrogens with one attached hydrogen (secondary N) is 2. The topological polar surface area (TPSA) is 102 Å². The molecule has 0 fully saturated rings. The van der Waals surface area contributed by atoms with Crippen molar-refractivity contribution in [3.8, 4) is 0 Å². The minimum Gasteiger partial charge on any atom is -0.460 e. The molecule has 0 saturated carbocycles. The highest BCUT2D eigenvalue weighted by atomic mass is 16.6. The first-order valence-electron chi connectivity index (χ1n) is 10.8. The van der Waals surface area contributed by atoms with Crippen molar-refractivity contribution in [2.45, 2.75) is 71.9 Å². The number of ether oxygens (including phenoxy) is 1. The number of esters is 1. The summed E-state index contributed by atoms with van der Waals surface area (Å²) in [7, 11) is 0. The Labute approximate surface area is 185 Å². The van der Waals surface area contributed by atoms with Crippen LogP contribution >= 0.6 is 0 Å². The third-order valence-electron chi connectivity index (χ3n) is 4.65. The Balaban J connectivity index is 2.50. The number of hydrogen-bond acceptors (Lipinski definition) is 5. The van der Waals surface area contributed by atoms with Crippen molar-refractivity contribution in [1.29, 1.82) is 0 Å². The highest BCUT2D eigenvalue weighted by molar-refractivity contribution is 5.88. The van der Waals surface area contributed by atoms with Crippen LogP contribution in [0.2, 0.25) is 0 Å². The van der Waals surface area contributed by atoms with E-state index in [1.165, 1.54) is 5.56 Å². The van der Waals surface area contributed by atoms with Crippen LogP contribution in [0.25, 0.3) is 0 Å². The van der Waals surface area contributed by atoms with E-state index in [1.807, 2.05) is 44.2 Å². The average molecular weight is 433 g/mol. The first kappa shape index (κ1) is 26.3. The van der Waals surface area contributed by atoms with Gasteiger partial charge in [0.05, 0.1) is 12.5 Å². The van der Waals surface area contributed by atoms with Gasteiger partial charge in [-0.25, -0.2) is 0 Å². The van der Waals surface area contributed by atoms with E-state index in [-0.39, 0.29) is 24.7 Å². The van der Waals surface area contributed by atoms with Gasteiger partial charge >= 0.3 is 5.97 Å². The van der Waals surface area contributed by atoms with Crippen LogP contribution in [-0.2, 0) is 30.3 Å². The van der Waals surface area contributed by atoms with Gasteiger partial charge in [-0.3, -0.25) is 14.4 Å². The summed E-state index contributed by atoms with van der Waals surface area (Å²) in [5.74, 6) is -1.91. The maximum Gasteiger partial charge on any atom is 0.308 e. The van der Waals surface area contributed by atoms with Gasteiger partial charge in [0.15, 0.2) is 0 Å². The lowest BCUT2D eigenvalue weighted by Gasteiger charge is -2.23. The number of carbonyl (C=O) groups is 4. The summed E-state index contributed by atoms with van der Waals surface area (Å²) in [4.78, 5) is 48.3. The first-order chi connectivity index (χ1) is 14.5. The van der Waals surface area contributed by atoms with Crippen molar-refractivity contribution in [1.82, 2.24) is 10.6 Å². The molecule has 0 radical (unpaired) electrons. The fourth-order valence-electron chi connectivity index (χ4n) is 3.05. The molecule has 1 rings (SSSR count). The number of rotatable bonds is 12. The molecule has 172 valence electrons. The monoisotopic (exact) mass is 432 g/mol. The Kier molecular flexibility index (Phi) is 10.9. The van der Waals surface area contributed by atoms with Gasteiger partial charge in [0.2, 0.25) is 11.8 Å². The fraction of sp³-hybridized carbons (Fsp3) is 0.583. The molecule has 0 spiro atoms. The highest BCUT2D eigenvalue weighted by Crippen LogP contribution is 2.16. The van der Waals surface area contributed by atoms with Crippen LogP contribution in [0, 0.1) is 11.8 Å². The second kappa shape index (κ2) is 12.9. The molecule has 7 nitrogen and oxygen atoms in total. The SMILES string of the molecule is CC(C)C(CC(=O)NCCCc1ccccc1)C(=O)N[C@H](C=O)CC(=O)OC(C)(C)C. The van der Waals surface area contributed by atoms with E-state index in [1.54, 1.807) is 20.8 Å². The Hall–Kier alpha value is -2.70. The Morgan fingerprint density at radius 3 is 2.26 bits per heavy atom. The molecule has 0 aliphatic carbocycles. The molecule has 0 aliphatic rings. The number of carbonyl (C=O) groups excluding carboxylic acids is 4. The zero-order chi connectivity index (χ0) is 23.4. The van der Waals surface area contributed by atoms with Crippen LogP contribution in [0.4, 0.5) is 0 Å². The van der Waals surface area contributed by atoms with E-state index < -0.39 is 29.4 Å². The van der Waals surface area contributed by atoms with Crippen molar-refractivity contribution in [2.24, 2.45) is 11.8 Å². The lowest BCUT2D eigenvalue weighted by atomic mass is 9.91. The maximum atomic E-state index is 12.7. The van der Waals surface area contributed by atoms with Gasteiger partial charge in [0, 0.05) is 18.9 Å². The molecule has 2 atom stereocenters. The molecule has 0 aromatic heterocycles. The minimum absolute atomic E-state index is 0.0207. The van der Waals surface area contributed by atoms with Gasteiger partial charge in [0.25, 0.3) is 0 Å². The Morgan fingerprint density at radius 2 is 1.71 bits per heavy atom.